The molecule has 2 aromatic heterocycles. The van der Waals surface area contributed by atoms with Gasteiger partial charge in [-0.15, -0.1) is 0 Å². The fraction of sp³-hybridized carbons (Fsp3) is 0.333. The van der Waals surface area contributed by atoms with E-state index in [0.717, 1.165) is 36.5 Å². The average Bonchev–Trinajstić information content (AvgIpc) is 2.99. The fourth-order valence-corrected chi connectivity index (χ4v) is 3.71. The van der Waals surface area contributed by atoms with E-state index in [-0.39, 0.29) is 5.91 Å². The smallest absolute Gasteiger partial charge is 0.253 e. The number of nitrogens with zero attached hydrogens (tertiary/aromatic N) is 4. The second kappa shape index (κ2) is 6.48. The van der Waals surface area contributed by atoms with Crippen LogP contribution in [0.5, 0.6) is 0 Å². The number of hydrogen-bond acceptors (Lipinski definition) is 3. The Labute approximate surface area is 153 Å². The summed E-state index contributed by atoms with van der Waals surface area (Å²) >= 11 is 0. The maximum absolute atomic E-state index is 12.7. The van der Waals surface area contributed by atoms with Crippen LogP contribution in [-0.4, -0.2) is 47.5 Å². The number of hydrogen-bond donors (Lipinski definition) is 0. The predicted octanol–water partition coefficient (Wildman–Crippen LogP) is 2.95. The van der Waals surface area contributed by atoms with Crippen molar-refractivity contribution in [2.45, 2.75) is 6.42 Å². The Kier molecular flexibility index (Phi) is 4.15. The van der Waals surface area contributed by atoms with Gasteiger partial charge in [0.05, 0.1) is 11.2 Å². The van der Waals surface area contributed by atoms with Crippen molar-refractivity contribution in [2.24, 2.45) is 13.0 Å². The second-order valence-corrected chi connectivity index (χ2v) is 7.35. The normalized spacial score (nSPS) is 14.5. The molecule has 0 bridgehead atoms. The highest BCUT2D eigenvalue weighted by molar-refractivity contribution is 5.95. The van der Waals surface area contributed by atoms with E-state index >= 15 is 0 Å². The number of anilines is 1. The SMILES string of the molecule is CN(C)c1cccc(C(=O)N2CC(Cc3nccc4ccn(C)c34)C2)c1. The first-order chi connectivity index (χ1) is 12.5. The average molecular weight is 348 g/mol. The number of carbonyl (C=O) groups excluding carboxylic acids is 1. The monoisotopic (exact) mass is 348 g/mol. The summed E-state index contributed by atoms with van der Waals surface area (Å²) in [6.45, 7) is 1.60. The lowest BCUT2D eigenvalue weighted by molar-refractivity contribution is 0.0500. The molecule has 3 heterocycles. The van der Waals surface area contributed by atoms with Crippen molar-refractivity contribution in [1.29, 1.82) is 0 Å². The molecule has 1 aliphatic heterocycles. The first kappa shape index (κ1) is 16.6. The van der Waals surface area contributed by atoms with Crippen molar-refractivity contribution in [3.63, 3.8) is 0 Å². The lowest BCUT2D eigenvalue weighted by Crippen LogP contribution is -2.50. The second-order valence-electron chi connectivity index (χ2n) is 7.35. The summed E-state index contributed by atoms with van der Waals surface area (Å²) in [6, 6.07) is 12.0. The Balaban J connectivity index is 1.43. The molecule has 1 saturated heterocycles. The molecule has 0 spiro atoms. The number of benzene rings is 1. The molecule has 1 aromatic carbocycles. The molecular formula is C21H24N4O. The lowest BCUT2D eigenvalue weighted by Gasteiger charge is -2.39. The van der Waals surface area contributed by atoms with Crippen LogP contribution in [0.25, 0.3) is 10.9 Å². The molecule has 4 rings (SSSR count). The largest absolute Gasteiger partial charge is 0.378 e. The van der Waals surface area contributed by atoms with Crippen LogP contribution in [0.3, 0.4) is 0 Å². The number of carbonyl (C=O) groups is 1. The highest BCUT2D eigenvalue weighted by atomic mass is 16.2. The van der Waals surface area contributed by atoms with E-state index in [2.05, 4.69) is 28.9 Å². The van der Waals surface area contributed by atoms with Gasteiger partial charge in [0.1, 0.15) is 0 Å². The van der Waals surface area contributed by atoms with Crippen LogP contribution in [0.1, 0.15) is 16.1 Å². The van der Waals surface area contributed by atoms with E-state index in [1.807, 2.05) is 60.4 Å². The van der Waals surface area contributed by atoms with Crippen LogP contribution >= 0.6 is 0 Å². The van der Waals surface area contributed by atoms with Crippen molar-refractivity contribution in [3.8, 4) is 0 Å². The summed E-state index contributed by atoms with van der Waals surface area (Å²) in [6.07, 6.45) is 4.87. The van der Waals surface area contributed by atoms with E-state index in [1.54, 1.807) is 0 Å². The third-order valence-corrected chi connectivity index (χ3v) is 5.20. The fourth-order valence-electron chi connectivity index (χ4n) is 3.71. The molecule has 1 fully saturated rings. The van der Waals surface area contributed by atoms with Crippen molar-refractivity contribution >= 4 is 22.5 Å². The number of aromatic nitrogens is 2. The van der Waals surface area contributed by atoms with E-state index in [0.29, 0.717) is 5.92 Å². The van der Waals surface area contributed by atoms with Gasteiger partial charge in [-0.3, -0.25) is 9.78 Å². The van der Waals surface area contributed by atoms with Gasteiger partial charge in [-0.1, -0.05) is 6.07 Å². The molecule has 3 aromatic rings. The number of fused-ring (bicyclic) bond motifs is 1. The van der Waals surface area contributed by atoms with Gasteiger partial charge >= 0.3 is 0 Å². The Morgan fingerprint density at radius 3 is 2.81 bits per heavy atom. The first-order valence-electron chi connectivity index (χ1n) is 8.98. The number of rotatable bonds is 4. The van der Waals surface area contributed by atoms with Crippen LogP contribution in [0, 0.1) is 5.92 Å². The Hall–Kier alpha value is -2.82. The quantitative estimate of drug-likeness (QED) is 0.728. The molecule has 5 heteroatoms. The Morgan fingerprint density at radius 2 is 2.04 bits per heavy atom. The number of aryl methyl sites for hydroxylation is 1. The van der Waals surface area contributed by atoms with E-state index in [9.17, 15) is 4.79 Å². The van der Waals surface area contributed by atoms with Gasteiger partial charge in [-0.05, 0) is 42.7 Å². The minimum atomic E-state index is 0.120. The van der Waals surface area contributed by atoms with Crippen molar-refractivity contribution < 1.29 is 4.79 Å². The predicted molar refractivity (Wildman–Crippen MR) is 105 cm³/mol. The lowest BCUT2D eigenvalue weighted by atomic mass is 9.93. The molecule has 26 heavy (non-hydrogen) atoms. The van der Waals surface area contributed by atoms with E-state index in [1.165, 1.54) is 10.9 Å². The van der Waals surface area contributed by atoms with Gasteiger partial charge in [0.2, 0.25) is 0 Å². The first-order valence-corrected chi connectivity index (χ1v) is 8.98. The van der Waals surface area contributed by atoms with Gasteiger partial charge in [-0.2, -0.15) is 0 Å². The Morgan fingerprint density at radius 1 is 1.23 bits per heavy atom. The van der Waals surface area contributed by atoms with E-state index in [4.69, 9.17) is 0 Å². The van der Waals surface area contributed by atoms with Crippen LogP contribution in [0.2, 0.25) is 0 Å². The molecule has 1 amide bonds. The summed E-state index contributed by atoms with van der Waals surface area (Å²) in [5, 5.41) is 1.23. The number of pyridine rings is 1. The molecule has 0 unspecified atom stereocenters. The van der Waals surface area contributed by atoms with Gasteiger partial charge in [-0.25, -0.2) is 0 Å². The summed E-state index contributed by atoms with van der Waals surface area (Å²) in [4.78, 5) is 21.3. The number of amides is 1. The molecule has 0 saturated carbocycles. The topological polar surface area (TPSA) is 41.4 Å². The maximum Gasteiger partial charge on any atom is 0.253 e. The third kappa shape index (κ3) is 2.94. The van der Waals surface area contributed by atoms with Crippen LogP contribution in [0.15, 0.2) is 48.8 Å². The highest BCUT2D eigenvalue weighted by Gasteiger charge is 2.32. The third-order valence-electron chi connectivity index (χ3n) is 5.20. The van der Waals surface area contributed by atoms with Crippen molar-refractivity contribution in [2.75, 3.05) is 32.1 Å². The summed E-state index contributed by atoms with van der Waals surface area (Å²) < 4.78 is 2.13. The molecule has 0 N–H and O–H groups in total. The van der Waals surface area contributed by atoms with Crippen LogP contribution in [-0.2, 0) is 13.5 Å². The molecule has 134 valence electrons. The summed E-state index contributed by atoms with van der Waals surface area (Å²) in [5.41, 5.74) is 4.14. The van der Waals surface area contributed by atoms with Gasteiger partial charge in [0.15, 0.2) is 0 Å². The van der Waals surface area contributed by atoms with Gasteiger partial charge in [0, 0.05) is 63.3 Å². The van der Waals surface area contributed by atoms with Crippen LogP contribution in [0.4, 0.5) is 5.69 Å². The molecule has 1 aliphatic rings. The Bertz CT molecular complexity index is 954. The molecule has 5 nitrogen and oxygen atoms in total. The summed E-state index contributed by atoms with van der Waals surface area (Å²) in [5.74, 6) is 0.596. The standard InChI is InChI=1S/C21H24N4O/c1-23(2)18-6-4-5-17(12-18)21(26)25-13-15(14-25)11-19-20-16(7-9-22-19)8-10-24(20)3/h4-10,12,15H,11,13-14H2,1-3H3. The van der Waals surface area contributed by atoms with Crippen LogP contribution < -0.4 is 4.90 Å². The van der Waals surface area contributed by atoms with Gasteiger partial charge in [0.25, 0.3) is 5.91 Å². The zero-order valence-electron chi connectivity index (χ0n) is 15.5. The van der Waals surface area contributed by atoms with E-state index < -0.39 is 0 Å². The maximum atomic E-state index is 12.7. The zero-order valence-corrected chi connectivity index (χ0v) is 15.5. The molecular weight excluding hydrogens is 324 g/mol. The number of likely N-dealkylation sites (tertiary alicyclic amines) is 1. The molecule has 0 atom stereocenters. The highest BCUT2D eigenvalue weighted by Crippen LogP contribution is 2.26. The molecule has 0 radical (unpaired) electrons. The summed E-state index contributed by atoms with van der Waals surface area (Å²) in [7, 11) is 6.03. The van der Waals surface area contributed by atoms with Crippen molar-refractivity contribution in [1.82, 2.24) is 14.5 Å². The van der Waals surface area contributed by atoms with Crippen molar-refractivity contribution in [3.05, 3.63) is 60.0 Å². The zero-order chi connectivity index (χ0) is 18.3. The minimum Gasteiger partial charge on any atom is -0.378 e. The van der Waals surface area contributed by atoms with Gasteiger partial charge < -0.3 is 14.4 Å². The minimum absolute atomic E-state index is 0.120. The molecule has 0 aliphatic carbocycles.